The molecule has 0 fully saturated rings. The van der Waals surface area contributed by atoms with Gasteiger partial charge in [0, 0.05) is 17.1 Å². The molecule has 0 aromatic heterocycles. The van der Waals surface area contributed by atoms with E-state index in [1.807, 2.05) is 23.1 Å². The van der Waals surface area contributed by atoms with Gasteiger partial charge < -0.3 is 16.4 Å². The molecule has 1 atom stereocenters. The number of hydrogen-bond donors (Lipinski definition) is 2. The van der Waals surface area contributed by atoms with Gasteiger partial charge in [-0.05, 0) is 37.1 Å². The first kappa shape index (κ1) is 13.2. The first-order chi connectivity index (χ1) is 8.61. The van der Waals surface area contributed by atoms with Crippen molar-refractivity contribution in [2.45, 2.75) is 18.2 Å². The van der Waals surface area contributed by atoms with Gasteiger partial charge in [-0.15, -0.1) is 11.8 Å². The maximum atomic E-state index is 12.0. The Morgan fingerprint density at radius 2 is 2.28 bits per heavy atom. The third kappa shape index (κ3) is 2.79. The molecule has 0 radical (unpaired) electrons. The molecule has 18 heavy (non-hydrogen) atoms. The predicted molar refractivity (Wildman–Crippen MR) is 76.8 cm³/mol. The molecule has 1 unspecified atom stereocenters. The van der Waals surface area contributed by atoms with E-state index in [4.69, 9.17) is 11.5 Å². The second-order valence-corrected chi connectivity index (χ2v) is 5.71. The van der Waals surface area contributed by atoms with Crippen molar-refractivity contribution in [3.63, 3.8) is 0 Å². The van der Waals surface area contributed by atoms with Crippen LogP contribution in [0.1, 0.15) is 13.3 Å². The Balaban J connectivity index is 2.19. The van der Waals surface area contributed by atoms with Gasteiger partial charge in [-0.1, -0.05) is 6.92 Å². The first-order valence-corrected chi connectivity index (χ1v) is 7.13. The van der Waals surface area contributed by atoms with Gasteiger partial charge in [0.15, 0.2) is 0 Å². The molecule has 5 heteroatoms. The molecule has 4 nitrogen and oxygen atoms in total. The summed E-state index contributed by atoms with van der Waals surface area (Å²) in [5.74, 6) is 1.09. The average molecular weight is 265 g/mol. The van der Waals surface area contributed by atoms with E-state index < -0.39 is 0 Å². The molecule has 1 aliphatic rings. The van der Waals surface area contributed by atoms with Crippen LogP contribution in [0.15, 0.2) is 23.1 Å². The van der Waals surface area contributed by atoms with E-state index in [0.29, 0.717) is 30.4 Å². The van der Waals surface area contributed by atoms with Crippen LogP contribution in [-0.4, -0.2) is 24.7 Å². The van der Waals surface area contributed by atoms with E-state index in [1.54, 1.807) is 11.8 Å². The molecule has 1 aromatic rings. The van der Waals surface area contributed by atoms with Gasteiger partial charge in [-0.3, -0.25) is 4.79 Å². The highest BCUT2D eigenvalue weighted by Gasteiger charge is 2.24. The van der Waals surface area contributed by atoms with Crippen molar-refractivity contribution in [1.29, 1.82) is 0 Å². The quantitative estimate of drug-likeness (QED) is 0.813. The molecule has 1 aliphatic heterocycles. The summed E-state index contributed by atoms with van der Waals surface area (Å²) in [7, 11) is 0. The van der Waals surface area contributed by atoms with Gasteiger partial charge in [-0.2, -0.15) is 0 Å². The van der Waals surface area contributed by atoms with Crippen LogP contribution in [0, 0.1) is 5.92 Å². The monoisotopic (exact) mass is 265 g/mol. The fourth-order valence-electron chi connectivity index (χ4n) is 1.93. The Hall–Kier alpha value is -1.20. The molecule has 2 rings (SSSR count). The van der Waals surface area contributed by atoms with E-state index in [0.717, 1.165) is 17.0 Å². The molecule has 0 saturated carbocycles. The Morgan fingerprint density at radius 1 is 1.50 bits per heavy atom. The lowest BCUT2D eigenvalue weighted by Gasteiger charge is -2.30. The maximum Gasteiger partial charge on any atom is 0.237 e. The Bertz CT molecular complexity index is 450. The summed E-state index contributed by atoms with van der Waals surface area (Å²) in [6.45, 7) is 3.47. The fraction of sp³-hybridized carbons (Fsp3) is 0.462. The third-order valence-electron chi connectivity index (χ3n) is 3.17. The molecule has 0 saturated heterocycles. The average Bonchev–Trinajstić information content (AvgIpc) is 2.37. The Labute approximate surface area is 112 Å². The van der Waals surface area contributed by atoms with Gasteiger partial charge in [0.25, 0.3) is 0 Å². The molecule has 1 aromatic carbocycles. The van der Waals surface area contributed by atoms with Crippen LogP contribution in [0.5, 0.6) is 0 Å². The number of thioether (sulfide) groups is 1. The van der Waals surface area contributed by atoms with Crippen LogP contribution in [0.4, 0.5) is 11.4 Å². The van der Waals surface area contributed by atoms with Crippen molar-refractivity contribution in [2.75, 3.05) is 29.5 Å². The number of hydrogen-bond acceptors (Lipinski definition) is 4. The topological polar surface area (TPSA) is 72.3 Å². The van der Waals surface area contributed by atoms with Gasteiger partial charge in [0.2, 0.25) is 5.91 Å². The minimum atomic E-state index is 0.155. The van der Waals surface area contributed by atoms with Crippen molar-refractivity contribution in [3.05, 3.63) is 18.2 Å². The van der Waals surface area contributed by atoms with Crippen LogP contribution in [0.25, 0.3) is 0 Å². The molecule has 4 N–H and O–H groups in total. The highest BCUT2D eigenvalue weighted by atomic mass is 32.2. The van der Waals surface area contributed by atoms with E-state index in [2.05, 4.69) is 6.92 Å². The highest BCUT2D eigenvalue weighted by molar-refractivity contribution is 8.00. The van der Waals surface area contributed by atoms with Crippen LogP contribution in [0.2, 0.25) is 0 Å². The van der Waals surface area contributed by atoms with E-state index in [-0.39, 0.29) is 5.91 Å². The summed E-state index contributed by atoms with van der Waals surface area (Å²) < 4.78 is 0. The zero-order chi connectivity index (χ0) is 13.1. The number of nitrogens with two attached hydrogens (primary N) is 2. The lowest BCUT2D eigenvalue weighted by atomic mass is 10.1. The number of nitrogen functional groups attached to an aromatic ring is 1. The molecular formula is C13H19N3OS. The number of carbonyl (C=O) groups is 1. The SMILES string of the molecule is CC(CN)CCN1C(=O)CSc2ccc(N)cc21. The largest absolute Gasteiger partial charge is 0.399 e. The summed E-state index contributed by atoms with van der Waals surface area (Å²) in [4.78, 5) is 15.0. The summed E-state index contributed by atoms with van der Waals surface area (Å²) >= 11 is 1.58. The fourth-order valence-corrected chi connectivity index (χ4v) is 2.85. The molecule has 0 aliphatic carbocycles. The van der Waals surface area contributed by atoms with Gasteiger partial charge in [0.05, 0.1) is 11.4 Å². The Morgan fingerprint density at radius 3 is 3.00 bits per heavy atom. The third-order valence-corrected chi connectivity index (χ3v) is 4.22. The smallest absolute Gasteiger partial charge is 0.237 e. The minimum absolute atomic E-state index is 0.155. The van der Waals surface area contributed by atoms with E-state index in [1.165, 1.54) is 0 Å². The summed E-state index contributed by atoms with van der Waals surface area (Å²) in [5.41, 5.74) is 13.1. The van der Waals surface area contributed by atoms with Crippen LogP contribution in [-0.2, 0) is 4.79 Å². The molecule has 0 spiro atoms. The molecule has 0 bridgehead atoms. The number of rotatable bonds is 4. The minimum Gasteiger partial charge on any atom is -0.399 e. The number of carbonyl (C=O) groups excluding carboxylic acids is 1. The van der Waals surface area contributed by atoms with Gasteiger partial charge in [-0.25, -0.2) is 0 Å². The molecule has 98 valence electrons. The van der Waals surface area contributed by atoms with Crippen LogP contribution < -0.4 is 16.4 Å². The number of amides is 1. The lowest BCUT2D eigenvalue weighted by Crippen LogP contribution is -2.37. The summed E-state index contributed by atoms with van der Waals surface area (Å²) in [6.07, 6.45) is 0.918. The maximum absolute atomic E-state index is 12.0. The van der Waals surface area contributed by atoms with Crippen LogP contribution in [0.3, 0.4) is 0 Å². The van der Waals surface area contributed by atoms with Crippen molar-refractivity contribution in [1.82, 2.24) is 0 Å². The Kier molecular flexibility index (Phi) is 4.14. The van der Waals surface area contributed by atoms with E-state index in [9.17, 15) is 4.79 Å². The second-order valence-electron chi connectivity index (χ2n) is 4.69. The van der Waals surface area contributed by atoms with Crippen molar-refractivity contribution in [3.8, 4) is 0 Å². The number of nitrogens with zero attached hydrogens (tertiary/aromatic N) is 1. The highest BCUT2D eigenvalue weighted by Crippen LogP contribution is 2.36. The standard InChI is InChI=1S/C13H19N3OS/c1-9(7-14)4-5-16-11-6-10(15)2-3-12(11)18-8-13(16)17/h2-3,6,9H,4-5,7-8,14-15H2,1H3. The predicted octanol–water partition coefficient (Wildman–Crippen LogP) is 1.69. The summed E-state index contributed by atoms with van der Waals surface area (Å²) in [6, 6.07) is 5.75. The second kappa shape index (κ2) is 5.63. The summed E-state index contributed by atoms with van der Waals surface area (Å²) in [5, 5.41) is 0. The van der Waals surface area contributed by atoms with Crippen molar-refractivity contribution < 1.29 is 4.79 Å². The first-order valence-electron chi connectivity index (χ1n) is 6.14. The molecule has 1 amide bonds. The number of benzene rings is 1. The zero-order valence-electron chi connectivity index (χ0n) is 10.6. The number of fused-ring (bicyclic) bond motifs is 1. The molecule has 1 heterocycles. The van der Waals surface area contributed by atoms with Gasteiger partial charge in [0.1, 0.15) is 0 Å². The van der Waals surface area contributed by atoms with Crippen molar-refractivity contribution >= 4 is 29.0 Å². The number of anilines is 2. The lowest BCUT2D eigenvalue weighted by molar-refractivity contribution is -0.116. The van der Waals surface area contributed by atoms with E-state index >= 15 is 0 Å². The molecular weight excluding hydrogens is 246 g/mol. The normalized spacial score (nSPS) is 16.6. The zero-order valence-corrected chi connectivity index (χ0v) is 11.4. The van der Waals surface area contributed by atoms with Crippen LogP contribution >= 0.6 is 11.8 Å². The van der Waals surface area contributed by atoms with Crippen molar-refractivity contribution in [2.24, 2.45) is 11.7 Å². The van der Waals surface area contributed by atoms with Gasteiger partial charge >= 0.3 is 0 Å².